The lowest BCUT2D eigenvalue weighted by molar-refractivity contribution is 0.0741. The van der Waals surface area contributed by atoms with Crippen LogP contribution in [0, 0.1) is 29.1 Å². The lowest BCUT2D eigenvalue weighted by atomic mass is 10.1. The van der Waals surface area contributed by atoms with Gasteiger partial charge in [0.2, 0.25) is 5.82 Å². The van der Waals surface area contributed by atoms with Crippen molar-refractivity contribution in [3.05, 3.63) is 34.6 Å². The van der Waals surface area contributed by atoms with Gasteiger partial charge in [-0.15, -0.1) is 0 Å². The van der Waals surface area contributed by atoms with Crippen molar-refractivity contribution < 1.29 is 26.7 Å². The normalized spacial score (nSPS) is 10.8. The first kappa shape index (κ1) is 17.4. The summed E-state index contributed by atoms with van der Waals surface area (Å²) >= 11 is 0. The third-order valence-corrected chi connectivity index (χ3v) is 2.84. The Balaban J connectivity index is 3.27. The molecule has 0 aliphatic rings. The second kappa shape index (κ2) is 7.35. The highest BCUT2D eigenvalue weighted by Crippen LogP contribution is 2.24. The zero-order chi connectivity index (χ0) is 16.2. The van der Waals surface area contributed by atoms with E-state index in [1.54, 1.807) is 6.92 Å². The fourth-order valence-corrected chi connectivity index (χ4v) is 1.82. The Hall–Kier alpha value is -1.70. The third-order valence-electron chi connectivity index (χ3n) is 2.84. The number of carbonyl (C=O) groups is 1. The molecule has 8 heteroatoms. The van der Waals surface area contributed by atoms with Crippen LogP contribution in [0.1, 0.15) is 30.1 Å². The van der Waals surface area contributed by atoms with Gasteiger partial charge >= 0.3 is 0 Å². The van der Waals surface area contributed by atoms with Crippen LogP contribution in [-0.2, 0) is 0 Å². The summed E-state index contributed by atoms with van der Waals surface area (Å²) in [6.45, 7) is 2.13. The van der Waals surface area contributed by atoms with Crippen LogP contribution in [0.25, 0.3) is 0 Å². The van der Waals surface area contributed by atoms with Crippen molar-refractivity contribution in [3.8, 4) is 0 Å². The van der Waals surface area contributed by atoms with Crippen molar-refractivity contribution in [1.82, 2.24) is 4.90 Å². The predicted molar refractivity (Wildman–Crippen MR) is 66.1 cm³/mol. The van der Waals surface area contributed by atoms with Gasteiger partial charge in [0.05, 0.1) is 0 Å². The van der Waals surface area contributed by atoms with Gasteiger partial charge in [0.1, 0.15) is 5.56 Å². The van der Waals surface area contributed by atoms with E-state index in [1.165, 1.54) is 0 Å². The topological polar surface area (TPSA) is 46.3 Å². The molecule has 0 radical (unpaired) electrons. The van der Waals surface area contributed by atoms with E-state index in [1.807, 2.05) is 0 Å². The van der Waals surface area contributed by atoms with E-state index >= 15 is 0 Å². The Labute approximate surface area is 118 Å². The van der Waals surface area contributed by atoms with E-state index in [0.717, 1.165) is 4.90 Å². The molecule has 0 saturated carbocycles. The maximum Gasteiger partial charge on any atom is 0.260 e. The van der Waals surface area contributed by atoms with E-state index in [0.29, 0.717) is 12.8 Å². The van der Waals surface area contributed by atoms with Crippen molar-refractivity contribution in [1.29, 1.82) is 0 Å². The Morgan fingerprint density at radius 1 is 0.952 bits per heavy atom. The number of rotatable bonds is 6. The largest absolute Gasteiger partial charge is 0.338 e. The van der Waals surface area contributed by atoms with Crippen molar-refractivity contribution in [2.45, 2.75) is 19.8 Å². The highest BCUT2D eigenvalue weighted by atomic mass is 19.2. The number of benzene rings is 1. The van der Waals surface area contributed by atoms with Gasteiger partial charge in [-0.05, 0) is 19.4 Å². The lowest BCUT2D eigenvalue weighted by Gasteiger charge is -2.22. The van der Waals surface area contributed by atoms with Crippen molar-refractivity contribution in [2.24, 2.45) is 5.73 Å². The molecule has 0 spiro atoms. The average Bonchev–Trinajstić information content (AvgIpc) is 2.47. The van der Waals surface area contributed by atoms with Crippen LogP contribution in [0.15, 0.2) is 0 Å². The molecule has 21 heavy (non-hydrogen) atoms. The van der Waals surface area contributed by atoms with Crippen LogP contribution in [0.4, 0.5) is 22.0 Å². The minimum Gasteiger partial charge on any atom is -0.338 e. The van der Waals surface area contributed by atoms with Gasteiger partial charge in [0, 0.05) is 13.1 Å². The SMILES string of the molecule is CCCN(CCCN)C(=O)c1c(F)c(F)c(F)c(F)c1F. The second-order valence-corrected chi connectivity index (χ2v) is 4.38. The summed E-state index contributed by atoms with van der Waals surface area (Å²) in [5.41, 5.74) is 3.85. The van der Waals surface area contributed by atoms with Gasteiger partial charge in [-0.25, -0.2) is 22.0 Å². The maximum absolute atomic E-state index is 13.6. The summed E-state index contributed by atoms with van der Waals surface area (Å²) in [4.78, 5) is 13.1. The molecule has 0 aliphatic heterocycles. The van der Waals surface area contributed by atoms with E-state index in [-0.39, 0.29) is 19.6 Å². The van der Waals surface area contributed by atoms with Crippen LogP contribution in [0.3, 0.4) is 0 Å². The molecular formula is C13H15F5N2O. The Kier molecular flexibility index (Phi) is 6.07. The van der Waals surface area contributed by atoms with Crippen molar-refractivity contribution in [2.75, 3.05) is 19.6 Å². The van der Waals surface area contributed by atoms with Crippen molar-refractivity contribution in [3.63, 3.8) is 0 Å². The number of carbonyl (C=O) groups excluding carboxylic acids is 1. The van der Waals surface area contributed by atoms with E-state index < -0.39 is 40.6 Å². The molecule has 0 atom stereocenters. The van der Waals surface area contributed by atoms with Crippen LogP contribution in [0.5, 0.6) is 0 Å². The molecule has 1 aromatic rings. The minimum absolute atomic E-state index is 0.0721. The van der Waals surface area contributed by atoms with Crippen LogP contribution < -0.4 is 5.73 Å². The summed E-state index contributed by atoms with van der Waals surface area (Å²) in [5.74, 6) is -12.0. The molecule has 3 nitrogen and oxygen atoms in total. The van der Waals surface area contributed by atoms with Crippen molar-refractivity contribution >= 4 is 5.91 Å². The van der Waals surface area contributed by atoms with Crippen LogP contribution >= 0.6 is 0 Å². The van der Waals surface area contributed by atoms with Gasteiger partial charge < -0.3 is 10.6 Å². The first-order valence-corrected chi connectivity index (χ1v) is 6.37. The Bertz CT molecular complexity index is 507. The number of nitrogens with zero attached hydrogens (tertiary/aromatic N) is 1. The molecule has 0 bridgehead atoms. The summed E-state index contributed by atoms with van der Waals surface area (Å²) in [5, 5.41) is 0. The van der Waals surface area contributed by atoms with E-state index in [4.69, 9.17) is 5.73 Å². The monoisotopic (exact) mass is 310 g/mol. The number of hydrogen-bond donors (Lipinski definition) is 1. The lowest BCUT2D eigenvalue weighted by Crippen LogP contribution is -2.35. The molecular weight excluding hydrogens is 295 g/mol. The smallest absolute Gasteiger partial charge is 0.260 e. The predicted octanol–water partition coefficient (Wildman–Crippen LogP) is 2.58. The molecule has 0 aromatic heterocycles. The molecule has 0 unspecified atom stereocenters. The number of halogens is 5. The number of nitrogens with two attached hydrogens (primary N) is 1. The van der Waals surface area contributed by atoms with Crippen LogP contribution in [-0.4, -0.2) is 30.4 Å². The first-order valence-electron chi connectivity index (χ1n) is 6.37. The highest BCUT2D eigenvalue weighted by Gasteiger charge is 2.31. The standard InChI is InChI=1S/C13H15F5N2O/c1-2-5-20(6-3-4-19)13(21)7-8(14)10(16)12(18)11(17)9(7)15/h2-6,19H2,1H3. The van der Waals surface area contributed by atoms with Gasteiger partial charge in [-0.2, -0.15) is 0 Å². The quantitative estimate of drug-likeness (QED) is 0.499. The number of hydrogen-bond acceptors (Lipinski definition) is 2. The average molecular weight is 310 g/mol. The summed E-state index contributed by atoms with van der Waals surface area (Å²) in [7, 11) is 0. The molecule has 1 amide bonds. The van der Waals surface area contributed by atoms with Gasteiger partial charge in [0.25, 0.3) is 5.91 Å². The number of amides is 1. The van der Waals surface area contributed by atoms with E-state index in [2.05, 4.69) is 0 Å². The maximum atomic E-state index is 13.6. The summed E-state index contributed by atoms with van der Waals surface area (Å²) < 4.78 is 66.3. The minimum atomic E-state index is -2.29. The fraction of sp³-hybridized carbons (Fsp3) is 0.462. The summed E-state index contributed by atoms with van der Waals surface area (Å²) in [6, 6.07) is 0. The van der Waals surface area contributed by atoms with E-state index in [9.17, 15) is 26.7 Å². The molecule has 1 rings (SSSR count). The molecule has 118 valence electrons. The molecule has 1 aromatic carbocycles. The molecule has 0 aliphatic carbocycles. The van der Waals surface area contributed by atoms with Gasteiger partial charge in [-0.3, -0.25) is 4.79 Å². The second-order valence-electron chi connectivity index (χ2n) is 4.38. The fourth-order valence-electron chi connectivity index (χ4n) is 1.82. The van der Waals surface area contributed by atoms with Gasteiger partial charge in [-0.1, -0.05) is 6.92 Å². The molecule has 0 fully saturated rings. The zero-order valence-electron chi connectivity index (χ0n) is 11.4. The highest BCUT2D eigenvalue weighted by molar-refractivity contribution is 5.94. The molecule has 0 heterocycles. The third kappa shape index (κ3) is 3.49. The molecule has 0 saturated heterocycles. The zero-order valence-corrected chi connectivity index (χ0v) is 11.4. The van der Waals surface area contributed by atoms with Gasteiger partial charge in [0.15, 0.2) is 23.3 Å². The Morgan fingerprint density at radius 3 is 1.86 bits per heavy atom. The molecule has 2 N–H and O–H groups in total. The first-order chi connectivity index (χ1) is 9.86. The van der Waals surface area contributed by atoms with Crippen LogP contribution in [0.2, 0.25) is 0 Å². The Morgan fingerprint density at radius 2 is 1.43 bits per heavy atom. The summed E-state index contributed by atoms with van der Waals surface area (Å²) in [6.07, 6.45) is 0.812.